The Morgan fingerprint density at radius 1 is 1.00 bits per heavy atom. The predicted octanol–water partition coefficient (Wildman–Crippen LogP) is 3.95. The van der Waals surface area contributed by atoms with Crippen LogP contribution < -0.4 is 10.2 Å². The van der Waals surface area contributed by atoms with Gasteiger partial charge in [-0.1, -0.05) is 25.1 Å². The maximum Gasteiger partial charge on any atom is 0.253 e. The quantitative estimate of drug-likeness (QED) is 0.859. The molecular weight excluding hydrogens is 362 g/mol. The standard InChI is InChI=1S/C24H29N3O2/c1-18-12-15-26(16-13-18)24(29)20-8-10-21(11-9-20)25-17-23(28)27-14-4-6-19-5-2-3-7-22(19)27/h2-3,5,7-11,18,25H,4,6,12-17H2,1H3. The summed E-state index contributed by atoms with van der Waals surface area (Å²) in [5.74, 6) is 0.874. The summed E-state index contributed by atoms with van der Waals surface area (Å²) in [7, 11) is 0. The zero-order valence-electron chi connectivity index (χ0n) is 17.1. The molecule has 0 bridgehead atoms. The van der Waals surface area contributed by atoms with Gasteiger partial charge >= 0.3 is 0 Å². The van der Waals surface area contributed by atoms with E-state index in [9.17, 15) is 9.59 Å². The van der Waals surface area contributed by atoms with Crippen molar-refractivity contribution in [3.05, 3.63) is 59.7 Å². The summed E-state index contributed by atoms with van der Waals surface area (Å²) in [5.41, 5.74) is 3.83. The fourth-order valence-corrected chi connectivity index (χ4v) is 4.19. The summed E-state index contributed by atoms with van der Waals surface area (Å²) in [6.07, 6.45) is 4.17. The van der Waals surface area contributed by atoms with Crippen LogP contribution in [0.3, 0.4) is 0 Å². The van der Waals surface area contributed by atoms with Gasteiger partial charge in [0.25, 0.3) is 5.91 Å². The number of rotatable bonds is 4. The molecule has 2 amide bonds. The largest absolute Gasteiger partial charge is 0.376 e. The van der Waals surface area contributed by atoms with Crippen LogP contribution in [0.5, 0.6) is 0 Å². The predicted molar refractivity (Wildman–Crippen MR) is 116 cm³/mol. The Balaban J connectivity index is 1.34. The normalized spacial score (nSPS) is 17.0. The van der Waals surface area contributed by atoms with Crippen molar-refractivity contribution in [3.8, 4) is 0 Å². The van der Waals surface area contributed by atoms with E-state index in [1.807, 2.05) is 52.3 Å². The van der Waals surface area contributed by atoms with Crippen molar-refractivity contribution in [2.45, 2.75) is 32.6 Å². The molecule has 152 valence electrons. The minimum atomic E-state index is 0.0692. The molecule has 0 radical (unpaired) electrons. The number of hydrogen-bond donors (Lipinski definition) is 1. The smallest absolute Gasteiger partial charge is 0.253 e. The van der Waals surface area contributed by atoms with E-state index in [4.69, 9.17) is 0 Å². The third-order valence-corrected chi connectivity index (χ3v) is 6.06. The molecule has 1 fully saturated rings. The maximum absolute atomic E-state index is 12.7. The van der Waals surface area contributed by atoms with E-state index in [1.54, 1.807) is 0 Å². The molecule has 2 aliphatic rings. The van der Waals surface area contributed by atoms with Gasteiger partial charge in [0.2, 0.25) is 5.91 Å². The first-order chi connectivity index (χ1) is 14.1. The number of nitrogens with one attached hydrogen (secondary N) is 1. The van der Waals surface area contributed by atoms with Gasteiger partial charge in [-0.15, -0.1) is 0 Å². The van der Waals surface area contributed by atoms with Crippen LogP contribution in [-0.4, -0.2) is 42.9 Å². The molecule has 2 heterocycles. The molecule has 0 unspecified atom stereocenters. The minimum Gasteiger partial charge on any atom is -0.376 e. The van der Waals surface area contributed by atoms with Gasteiger partial charge < -0.3 is 15.1 Å². The summed E-state index contributed by atoms with van der Waals surface area (Å²) in [6.45, 7) is 4.93. The number of hydrogen-bond acceptors (Lipinski definition) is 3. The molecule has 0 spiro atoms. The van der Waals surface area contributed by atoms with E-state index in [0.29, 0.717) is 11.5 Å². The van der Waals surface area contributed by atoms with Crippen LogP contribution in [0.1, 0.15) is 42.1 Å². The zero-order valence-corrected chi connectivity index (χ0v) is 17.1. The van der Waals surface area contributed by atoms with Gasteiger partial charge in [0, 0.05) is 36.6 Å². The van der Waals surface area contributed by atoms with Crippen molar-refractivity contribution in [2.24, 2.45) is 5.92 Å². The second-order valence-corrected chi connectivity index (χ2v) is 8.18. The number of benzene rings is 2. The maximum atomic E-state index is 12.7. The van der Waals surface area contributed by atoms with Gasteiger partial charge in [0.05, 0.1) is 6.54 Å². The van der Waals surface area contributed by atoms with Crippen LogP contribution >= 0.6 is 0 Å². The number of piperidine rings is 1. The van der Waals surface area contributed by atoms with Gasteiger partial charge in [-0.2, -0.15) is 0 Å². The molecule has 29 heavy (non-hydrogen) atoms. The van der Waals surface area contributed by atoms with E-state index >= 15 is 0 Å². The topological polar surface area (TPSA) is 52.7 Å². The first-order valence-electron chi connectivity index (χ1n) is 10.6. The van der Waals surface area contributed by atoms with E-state index in [2.05, 4.69) is 18.3 Å². The molecule has 2 aromatic rings. The lowest BCUT2D eigenvalue weighted by Gasteiger charge is -2.30. The SMILES string of the molecule is CC1CCN(C(=O)c2ccc(NCC(=O)N3CCCc4ccccc43)cc2)CC1. The molecule has 5 nitrogen and oxygen atoms in total. The average molecular weight is 392 g/mol. The summed E-state index contributed by atoms with van der Waals surface area (Å²) in [4.78, 5) is 29.2. The second kappa shape index (κ2) is 8.68. The van der Waals surface area contributed by atoms with E-state index in [0.717, 1.165) is 56.7 Å². The number of carbonyl (C=O) groups excluding carboxylic acids is 2. The van der Waals surface area contributed by atoms with Crippen LogP contribution in [0.2, 0.25) is 0 Å². The first-order valence-corrected chi connectivity index (χ1v) is 10.6. The molecule has 0 atom stereocenters. The Labute approximate surface area is 172 Å². The average Bonchev–Trinajstić information content (AvgIpc) is 2.77. The molecule has 0 aromatic heterocycles. The molecule has 2 aromatic carbocycles. The highest BCUT2D eigenvalue weighted by atomic mass is 16.2. The minimum absolute atomic E-state index is 0.0692. The Bertz CT molecular complexity index is 870. The highest BCUT2D eigenvalue weighted by Gasteiger charge is 2.23. The summed E-state index contributed by atoms with van der Waals surface area (Å²) >= 11 is 0. The van der Waals surface area contributed by atoms with Crippen molar-refractivity contribution in [1.29, 1.82) is 0 Å². The summed E-state index contributed by atoms with van der Waals surface area (Å²) in [6, 6.07) is 15.6. The van der Waals surface area contributed by atoms with Crippen molar-refractivity contribution in [1.82, 2.24) is 4.90 Å². The lowest BCUT2D eigenvalue weighted by molar-refractivity contribution is -0.117. The van der Waals surface area contributed by atoms with Gasteiger partial charge in [-0.3, -0.25) is 9.59 Å². The van der Waals surface area contributed by atoms with Gasteiger partial charge in [0.15, 0.2) is 0 Å². The van der Waals surface area contributed by atoms with Crippen molar-refractivity contribution >= 4 is 23.2 Å². The highest BCUT2D eigenvalue weighted by molar-refractivity contribution is 5.97. The monoisotopic (exact) mass is 391 g/mol. The third-order valence-electron chi connectivity index (χ3n) is 6.06. The van der Waals surface area contributed by atoms with E-state index < -0.39 is 0 Å². The van der Waals surface area contributed by atoms with Crippen LogP contribution in [0.4, 0.5) is 11.4 Å². The molecular formula is C24H29N3O2. The highest BCUT2D eigenvalue weighted by Crippen LogP contribution is 2.26. The number of carbonyl (C=O) groups is 2. The lowest BCUT2D eigenvalue weighted by atomic mass is 9.98. The Morgan fingerprint density at radius 3 is 2.48 bits per heavy atom. The van der Waals surface area contributed by atoms with E-state index in [1.165, 1.54) is 5.56 Å². The zero-order chi connectivity index (χ0) is 20.2. The van der Waals surface area contributed by atoms with Crippen LogP contribution in [0.25, 0.3) is 0 Å². The van der Waals surface area contributed by atoms with Crippen molar-refractivity contribution in [3.63, 3.8) is 0 Å². The number of nitrogens with zero attached hydrogens (tertiary/aromatic N) is 2. The second-order valence-electron chi connectivity index (χ2n) is 8.18. The Morgan fingerprint density at radius 2 is 1.72 bits per heavy atom. The lowest BCUT2D eigenvalue weighted by Crippen LogP contribution is -2.39. The van der Waals surface area contributed by atoms with Crippen molar-refractivity contribution in [2.75, 3.05) is 36.4 Å². The number of amides is 2. The Hall–Kier alpha value is -2.82. The molecule has 0 aliphatic carbocycles. The van der Waals surface area contributed by atoms with Crippen LogP contribution in [0, 0.1) is 5.92 Å². The number of likely N-dealkylation sites (tertiary alicyclic amines) is 1. The van der Waals surface area contributed by atoms with Crippen LogP contribution in [0.15, 0.2) is 48.5 Å². The van der Waals surface area contributed by atoms with Gasteiger partial charge in [-0.25, -0.2) is 0 Å². The van der Waals surface area contributed by atoms with Gasteiger partial charge in [0.1, 0.15) is 0 Å². The molecule has 1 saturated heterocycles. The fraction of sp³-hybridized carbons (Fsp3) is 0.417. The third kappa shape index (κ3) is 4.44. The van der Waals surface area contributed by atoms with E-state index in [-0.39, 0.29) is 18.4 Å². The molecule has 5 heteroatoms. The number of aryl methyl sites for hydroxylation is 1. The summed E-state index contributed by atoms with van der Waals surface area (Å²) < 4.78 is 0. The van der Waals surface area contributed by atoms with Gasteiger partial charge in [-0.05, 0) is 67.5 Å². The van der Waals surface area contributed by atoms with Crippen molar-refractivity contribution < 1.29 is 9.59 Å². The molecule has 4 rings (SSSR count). The number of fused-ring (bicyclic) bond motifs is 1. The molecule has 1 N–H and O–H groups in total. The van der Waals surface area contributed by atoms with Crippen LogP contribution in [-0.2, 0) is 11.2 Å². The Kier molecular flexibility index (Phi) is 5.84. The summed E-state index contributed by atoms with van der Waals surface area (Å²) in [5, 5.41) is 3.21. The number of para-hydroxylation sites is 1. The number of anilines is 2. The first kappa shape index (κ1) is 19.5. The molecule has 0 saturated carbocycles. The fourth-order valence-electron chi connectivity index (χ4n) is 4.19. The molecule has 2 aliphatic heterocycles.